The summed E-state index contributed by atoms with van der Waals surface area (Å²) in [4.78, 5) is 15.4. The fraction of sp³-hybridized carbons (Fsp3) is 0.400. The van der Waals surface area contributed by atoms with Gasteiger partial charge < -0.3 is 10.5 Å². The lowest BCUT2D eigenvalue weighted by Crippen LogP contribution is -2.31. The van der Waals surface area contributed by atoms with Crippen LogP contribution in [0.2, 0.25) is 0 Å². The van der Waals surface area contributed by atoms with Crippen LogP contribution >= 0.6 is 12.4 Å². The summed E-state index contributed by atoms with van der Waals surface area (Å²) in [6.07, 6.45) is 3.43. The minimum Gasteiger partial charge on any atom is -0.497 e. The minimum atomic E-state index is -0.489. The number of carbonyl (C=O) groups excluding carboxylic acids is 1. The first-order valence-corrected chi connectivity index (χ1v) is 10.3. The van der Waals surface area contributed by atoms with Crippen LogP contribution in [0.1, 0.15) is 47.9 Å². The molecule has 0 unspecified atom stereocenters. The van der Waals surface area contributed by atoms with E-state index < -0.39 is 5.91 Å². The van der Waals surface area contributed by atoms with Gasteiger partial charge in [0.2, 0.25) is 11.6 Å². The van der Waals surface area contributed by atoms with Crippen molar-refractivity contribution in [3.05, 3.63) is 41.2 Å². The summed E-state index contributed by atoms with van der Waals surface area (Å²) in [5.74, 6) is 0.355. The molecule has 176 valence electrons. The summed E-state index contributed by atoms with van der Waals surface area (Å²) in [6, 6.07) is 7.37. The Morgan fingerprint density at radius 1 is 1.21 bits per heavy atom. The van der Waals surface area contributed by atoms with E-state index in [1.165, 1.54) is 11.1 Å². The predicted molar refractivity (Wildman–Crippen MR) is 123 cm³/mol. The maximum Gasteiger partial charge on any atom is 0.292 e. The van der Waals surface area contributed by atoms with Crippen LogP contribution < -0.4 is 15.9 Å². The number of carbonyl (C=O) groups is 1. The molecular formula is C20H26ClN9O3. The Hall–Kier alpha value is -3.51. The SMILES string of the molecule is COc1ccc(/C(C)=N/NC(=O)c2c(CN3CCCCC3)nnn2-c2nonc2N)cc1.Cl. The first-order valence-electron chi connectivity index (χ1n) is 10.3. The molecule has 1 aromatic carbocycles. The van der Waals surface area contributed by atoms with Crippen molar-refractivity contribution in [3.63, 3.8) is 0 Å². The Labute approximate surface area is 196 Å². The molecule has 1 amide bonds. The Morgan fingerprint density at radius 3 is 2.58 bits per heavy atom. The molecule has 12 nitrogen and oxygen atoms in total. The fourth-order valence-corrected chi connectivity index (χ4v) is 3.55. The average molecular weight is 476 g/mol. The quantitative estimate of drug-likeness (QED) is 0.385. The summed E-state index contributed by atoms with van der Waals surface area (Å²) in [6.45, 7) is 4.16. The highest BCUT2D eigenvalue weighted by molar-refractivity contribution is 6.00. The van der Waals surface area contributed by atoms with Gasteiger partial charge >= 0.3 is 0 Å². The predicted octanol–water partition coefficient (Wildman–Crippen LogP) is 1.80. The maximum absolute atomic E-state index is 13.2. The number of piperidine rings is 1. The van der Waals surface area contributed by atoms with Gasteiger partial charge in [-0.05, 0) is 73.0 Å². The van der Waals surface area contributed by atoms with Gasteiger partial charge in [0, 0.05) is 6.54 Å². The van der Waals surface area contributed by atoms with Crippen molar-refractivity contribution in [2.75, 3.05) is 25.9 Å². The average Bonchev–Trinajstić information content (AvgIpc) is 3.43. The van der Waals surface area contributed by atoms with E-state index in [9.17, 15) is 4.79 Å². The second-order valence-corrected chi connectivity index (χ2v) is 7.47. The molecule has 0 aliphatic carbocycles. The number of nitrogens with two attached hydrogens (primary N) is 1. The number of benzene rings is 1. The first-order chi connectivity index (χ1) is 15.6. The van der Waals surface area contributed by atoms with Crippen LogP contribution in [-0.2, 0) is 6.54 Å². The number of anilines is 1. The lowest BCUT2D eigenvalue weighted by Gasteiger charge is -2.25. The third-order valence-corrected chi connectivity index (χ3v) is 5.31. The van der Waals surface area contributed by atoms with E-state index >= 15 is 0 Å². The second-order valence-electron chi connectivity index (χ2n) is 7.47. The number of rotatable bonds is 7. The third kappa shape index (κ3) is 5.46. The summed E-state index contributed by atoms with van der Waals surface area (Å²) in [7, 11) is 1.60. The molecule has 1 aliphatic rings. The summed E-state index contributed by atoms with van der Waals surface area (Å²) < 4.78 is 11.1. The molecular weight excluding hydrogens is 450 g/mol. The number of hydrogen-bond donors (Lipinski definition) is 2. The monoisotopic (exact) mass is 475 g/mol. The number of nitrogen functional groups attached to an aromatic ring is 1. The normalized spacial score (nSPS) is 14.5. The number of nitrogens with one attached hydrogen (secondary N) is 1. The Balaban J connectivity index is 0.00000306. The zero-order valence-electron chi connectivity index (χ0n) is 18.4. The maximum atomic E-state index is 13.2. The second kappa shape index (κ2) is 10.9. The number of amides is 1. The molecule has 33 heavy (non-hydrogen) atoms. The van der Waals surface area contributed by atoms with Crippen LogP contribution in [-0.4, -0.2) is 62.0 Å². The van der Waals surface area contributed by atoms with Crippen molar-refractivity contribution in [1.82, 2.24) is 35.6 Å². The zero-order chi connectivity index (χ0) is 22.5. The molecule has 0 radical (unpaired) electrons. The standard InChI is InChI=1S/C20H25N9O3.ClH/c1-13(14-6-8-15(31-2)9-7-14)22-24-20(30)17-16(12-28-10-4-3-5-11-28)23-27-29(17)19-18(21)25-32-26-19;/h6-9H,3-5,10-12H2,1-2H3,(H2,21,25)(H,24,30);1H/b22-13+;. The van der Waals surface area contributed by atoms with Crippen molar-refractivity contribution < 1.29 is 14.2 Å². The van der Waals surface area contributed by atoms with Gasteiger partial charge in [0.1, 0.15) is 11.4 Å². The lowest BCUT2D eigenvalue weighted by atomic mass is 10.1. The van der Waals surface area contributed by atoms with Crippen LogP contribution in [0.15, 0.2) is 34.0 Å². The van der Waals surface area contributed by atoms with Gasteiger partial charge in [-0.15, -0.1) is 17.5 Å². The molecule has 0 bridgehead atoms. The van der Waals surface area contributed by atoms with Gasteiger partial charge in [-0.3, -0.25) is 9.69 Å². The molecule has 0 atom stereocenters. The Bertz CT molecular complexity index is 1100. The van der Waals surface area contributed by atoms with Crippen molar-refractivity contribution in [3.8, 4) is 11.6 Å². The Morgan fingerprint density at radius 2 is 1.94 bits per heavy atom. The minimum absolute atomic E-state index is 0. The molecule has 1 fully saturated rings. The number of aromatic nitrogens is 5. The number of hydrogen-bond acceptors (Lipinski definition) is 10. The van der Waals surface area contributed by atoms with Gasteiger partial charge in [-0.2, -0.15) is 9.78 Å². The van der Waals surface area contributed by atoms with E-state index in [1.54, 1.807) is 14.0 Å². The summed E-state index contributed by atoms with van der Waals surface area (Å²) in [5, 5.41) is 19.9. The number of ether oxygens (including phenoxy) is 1. The van der Waals surface area contributed by atoms with Crippen molar-refractivity contribution >= 4 is 29.8 Å². The van der Waals surface area contributed by atoms with Crippen LogP contribution in [0, 0.1) is 0 Å². The topological polar surface area (TPSA) is 150 Å². The van der Waals surface area contributed by atoms with Crippen LogP contribution in [0.5, 0.6) is 5.75 Å². The van der Waals surface area contributed by atoms with E-state index in [0.29, 0.717) is 18.0 Å². The van der Waals surface area contributed by atoms with Crippen molar-refractivity contribution in [2.45, 2.75) is 32.7 Å². The number of hydrazone groups is 1. The van der Waals surface area contributed by atoms with Gasteiger partial charge in [0.05, 0.1) is 12.8 Å². The highest BCUT2D eigenvalue weighted by Gasteiger charge is 2.26. The molecule has 2 aromatic heterocycles. The van der Waals surface area contributed by atoms with Gasteiger partial charge in [-0.25, -0.2) is 10.1 Å². The Kier molecular flexibility index (Phi) is 7.96. The number of likely N-dealkylation sites (tertiary alicyclic amines) is 1. The van der Waals surface area contributed by atoms with Crippen LogP contribution in [0.4, 0.5) is 5.82 Å². The first kappa shape index (κ1) is 24.1. The highest BCUT2D eigenvalue weighted by atomic mass is 35.5. The van der Waals surface area contributed by atoms with E-state index in [0.717, 1.165) is 37.2 Å². The number of methoxy groups -OCH3 is 1. The van der Waals surface area contributed by atoms with Gasteiger partial charge in [-0.1, -0.05) is 11.6 Å². The summed E-state index contributed by atoms with van der Waals surface area (Å²) in [5.41, 5.74) is 10.6. The third-order valence-electron chi connectivity index (χ3n) is 5.31. The van der Waals surface area contributed by atoms with Crippen molar-refractivity contribution in [1.29, 1.82) is 0 Å². The van der Waals surface area contributed by atoms with Crippen LogP contribution in [0.3, 0.4) is 0 Å². The molecule has 4 rings (SSSR count). The number of nitrogens with zero attached hydrogens (tertiary/aromatic N) is 7. The largest absolute Gasteiger partial charge is 0.497 e. The molecule has 13 heteroatoms. The smallest absolute Gasteiger partial charge is 0.292 e. The molecule has 1 saturated heterocycles. The molecule has 0 saturated carbocycles. The van der Waals surface area contributed by atoms with E-state index in [1.807, 2.05) is 24.3 Å². The molecule has 3 heterocycles. The fourth-order valence-electron chi connectivity index (χ4n) is 3.55. The van der Waals surface area contributed by atoms with Gasteiger partial charge in [0.15, 0.2) is 5.69 Å². The molecule has 0 spiro atoms. The van der Waals surface area contributed by atoms with Crippen LogP contribution in [0.25, 0.3) is 5.82 Å². The highest BCUT2D eigenvalue weighted by Crippen LogP contribution is 2.19. The van der Waals surface area contributed by atoms with Gasteiger partial charge in [0.25, 0.3) is 5.91 Å². The number of halogens is 1. The van der Waals surface area contributed by atoms with E-state index in [4.69, 9.17) is 10.5 Å². The van der Waals surface area contributed by atoms with Crippen molar-refractivity contribution in [2.24, 2.45) is 5.10 Å². The molecule has 3 aromatic rings. The lowest BCUT2D eigenvalue weighted by molar-refractivity contribution is 0.0944. The summed E-state index contributed by atoms with van der Waals surface area (Å²) >= 11 is 0. The van der Waals surface area contributed by atoms with E-state index in [2.05, 4.69) is 40.7 Å². The van der Waals surface area contributed by atoms with E-state index in [-0.39, 0.29) is 29.7 Å². The zero-order valence-corrected chi connectivity index (χ0v) is 19.2. The molecule has 3 N–H and O–H groups in total. The molecule has 1 aliphatic heterocycles.